The van der Waals surface area contributed by atoms with Gasteiger partial charge in [0.15, 0.2) is 6.61 Å². The summed E-state index contributed by atoms with van der Waals surface area (Å²) in [5.41, 5.74) is 1.65. The molecule has 0 unspecified atom stereocenters. The highest BCUT2D eigenvalue weighted by atomic mass is 32.1. The summed E-state index contributed by atoms with van der Waals surface area (Å²) < 4.78 is 18.3. The molecule has 0 radical (unpaired) electrons. The summed E-state index contributed by atoms with van der Waals surface area (Å²) in [7, 11) is 0. The number of anilines is 1. The third-order valence-corrected chi connectivity index (χ3v) is 4.91. The number of hydrogen-bond acceptors (Lipinski definition) is 4. The van der Waals surface area contributed by atoms with Crippen LogP contribution >= 0.6 is 11.3 Å². The molecule has 4 nitrogen and oxygen atoms in total. The average Bonchev–Trinajstić information content (AvgIpc) is 2.90. The minimum Gasteiger partial charge on any atom is -0.484 e. The van der Waals surface area contributed by atoms with Crippen LogP contribution in [0.15, 0.2) is 24.3 Å². The number of nitrogens with one attached hydrogen (secondary N) is 1. The van der Waals surface area contributed by atoms with Crippen molar-refractivity contribution in [3.8, 4) is 11.8 Å². The van der Waals surface area contributed by atoms with Crippen LogP contribution in [-0.4, -0.2) is 12.5 Å². The molecule has 1 aliphatic carbocycles. The zero-order chi connectivity index (χ0) is 16.2. The molecular weight excluding hydrogens is 315 g/mol. The molecule has 2 aromatic rings. The van der Waals surface area contributed by atoms with Crippen molar-refractivity contribution in [1.29, 1.82) is 5.26 Å². The van der Waals surface area contributed by atoms with Gasteiger partial charge in [-0.3, -0.25) is 4.79 Å². The second-order valence-corrected chi connectivity index (χ2v) is 6.43. The SMILES string of the molecule is N#Cc1c(NC(=O)COc2cccc(F)c2)sc2c1CCCC2. The van der Waals surface area contributed by atoms with Crippen molar-refractivity contribution in [2.24, 2.45) is 0 Å². The van der Waals surface area contributed by atoms with Gasteiger partial charge < -0.3 is 10.1 Å². The normalized spacial score (nSPS) is 13.0. The minimum atomic E-state index is -0.416. The standard InChI is InChI=1S/C17H15FN2O2S/c18-11-4-3-5-12(8-11)22-10-16(21)20-17-14(9-19)13-6-1-2-7-15(13)23-17/h3-5,8H,1-2,6-7,10H2,(H,20,21). The summed E-state index contributed by atoms with van der Waals surface area (Å²) in [4.78, 5) is 13.2. The maximum Gasteiger partial charge on any atom is 0.262 e. The van der Waals surface area contributed by atoms with E-state index in [0.717, 1.165) is 31.2 Å². The number of benzene rings is 1. The van der Waals surface area contributed by atoms with E-state index in [4.69, 9.17) is 4.74 Å². The number of nitriles is 1. The number of ether oxygens (including phenoxy) is 1. The number of amides is 1. The van der Waals surface area contributed by atoms with Crippen molar-refractivity contribution in [3.05, 3.63) is 46.1 Å². The first kappa shape index (κ1) is 15.5. The fourth-order valence-electron chi connectivity index (χ4n) is 2.64. The van der Waals surface area contributed by atoms with Crippen molar-refractivity contribution < 1.29 is 13.9 Å². The van der Waals surface area contributed by atoms with Crippen LogP contribution in [0.1, 0.15) is 28.8 Å². The van der Waals surface area contributed by atoms with E-state index in [2.05, 4.69) is 11.4 Å². The van der Waals surface area contributed by atoms with Gasteiger partial charge in [-0.15, -0.1) is 11.3 Å². The van der Waals surface area contributed by atoms with Crippen molar-refractivity contribution in [3.63, 3.8) is 0 Å². The van der Waals surface area contributed by atoms with E-state index in [1.54, 1.807) is 6.07 Å². The second kappa shape index (κ2) is 6.80. The summed E-state index contributed by atoms with van der Waals surface area (Å²) in [6.45, 7) is -0.225. The lowest BCUT2D eigenvalue weighted by atomic mass is 9.96. The Morgan fingerprint density at radius 2 is 2.22 bits per heavy atom. The van der Waals surface area contributed by atoms with Crippen molar-refractivity contribution in [2.75, 3.05) is 11.9 Å². The highest BCUT2D eigenvalue weighted by molar-refractivity contribution is 7.16. The minimum absolute atomic E-state index is 0.225. The van der Waals surface area contributed by atoms with Gasteiger partial charge in [0.25, 0.3) is 5.91 Å². The third-order valence-electron chi connectivity index (χ3n) is 3.70. The number of carbonyl (C=O) groups excluding carboxylic acids is 1. The number of fused-ring (bicyclic) bond motifs is 1. The van der Waals surface area contributed by atoms with Crippen molar-refractivity contribution in [1.82, 2.24) is 0 Å². The zero-order valence-corrected chi connectivity index (χ0v) is 13.2. The predicted molar refractivity (Wildman–Crippen MR) is 86.2 cm³/mol. The van der Waals surface area contributed by atoms with Gasteiger partial charge in [-0.05, 0) is 43.4 Å². The maximum absolute atomic E-state index is 13.1. The monoisotopic (exact) mass is 330 g/mol. The summed E-state index contributed by atoms with van der Waals surface area (Å²) in [6.07, 6.45) is 4.05. The zero-order valence-electron chi connectivity index (χ0n) is 12.4. The van der Waals surface area contributed by atoms with Crippen LogP contribution in [-0.2, 0) is 17.6 Å². The smallest absolute Gasteiger partial charge is 0.262 e. The molecule has 1 aromatic carbocycles. The van der Waals surface area contributed by atoms with Gasteiger partial charge in [0, 0.05) is 10.9 Å². The Hall–Kier alpha value is -2.39. The fourth-order valence-corrected chi connectivity index (χ4v) is 3.90. The van der Waals surface area contributed by atoms with Crippen LogP contribution in [0.25, 0.3) is 0 Å². The molecule has 1 heterocycles. The molecule has 0 fully saturated rings. The first-order valence-corrected chi connectivity index (χ1v) is 8.22. The first-order chi connectivity index (χ1) is 11.2. The average molecular weight is 330 g/mol. The largest absolute Gasteiger partial charge is 0.484 e. The number of aryl methyl sites for hydroxylation is 1. The molecule has 0 aliphatic heterocycles. The molecule has 3 rings (SSSR count). The first-order valence-electron chi connectivity index (χ1n) is 7.40. The number of thiophene rings is 1. The molecule has 0 atom stereocenters. The Balaban J connectivity index is 1.66. The Morgan fingerprint density at radius 1 is 1.39 bits per heavy atom. The predicted octanol–water partition coefficient (Wildman–Crippen LogP) is 3.66. The summed E-state index contributed by atoms with van der Waals surface area (Å²) in [6, 6.07) is 7.83. The molecule has 23 heavy (non-hydrogen) atoms. The Labute approximate surface area is 137 Å². The van der Waals surface area contributed by atoms with Crippen LogP contribution < -0.4 is 10.1 Å². The molecule has 1 N–H and O–H groups in total. The maximum atomic E-state index is 13.1. The van der Waals surface area contributed by atoms with Crippen LogP contribution in [0.3, 0.4) is 0 Å². The molecule has 1 aromatic heterocycles. The van der Waals surface area contributed by atoms with Crippen molar-refractivity contribution >= 4 is 22.2 Å². The van der Waals surface area contributed by atoms with E-state index < -0.39 is 5.82 Å². The van der Waals surface area contributed by atoms with E-state index in [1.807, 2.05) is 0 Å². The van der Waals surface area contributed by atoms with Gasteiger partial charge in [0.2, 0.25) is 0 Å². The lowest BCUT2D eigenvalue weighted by molar-refractivity contribution is -0.118. The van der Waals surface area contributed by atoms with Crippen LogP contribution in [0.5, 0.6) is 5.75 Å². The Kier molecular flexibility index (Phi) is 4.58. The number of halogens is 1. The van der Waals surface area contributed by atoms with Gasteiger partial charge in [-0.1, -0.05) is 6.07 Å². The molecule has 0 spiro atoms. The molecule has 6 heteroatoms. The molecule has 118 valence electrons. The Bertz CT molecular complexity index is 779. The van der Waals surface area contributed by atoms with Gasteiger partial charge in [0.05, 0.1) is 5.56 Å². The number of hydrogen-bond donors (Lipinski definition) is 1. The van der Waals surface area contributed by atoms with Crippen molar-refractivity contribution in [2.45, 2.75) is 25.7 Å². The lowest BCUT2D eigenvalue weighted by Crippen LogP contribution is -2.20. The summed E-state index contributed by atoms with van der Waals surface area (Å²) in [5, 5.41) is 12.7. The molecule has 0 bridgehead atoms. The fraction of sp³-hybridized carbons (Fsp3) is 0.294. The second-order valence-electron chi connectivity index (χ2n) is 5.32. The van der Waals surface area contributed by atoms with Crippen LogP contribution in [0.2, 0.25) is 0 Å². The topological polar surface area (TPSA) is 62.1 Å². The molecule has 0 saturated carbocycles. The number of nitrogens with zero attached hydrogens (tertiary/aromatic N) is 1. The highest BCUT2D eigenvalue weighted by Gasteiger charge is 2.21. The molecule has 1 amide bonds. The quantitative estimate of drug-likeness (QED) is 0.930. The highest BCUT2D eigenvalue weighted by Crippen LogP contribution is 2.37. The summed E-state index contributed by atoms with van der Waals surface area (Å²) in [5.74, 6) is -0.476. The van der Waals surface area contributed by atoms with E-state index in [9.17, 15) is 14.4 Å². The lowest BCUT2D eigenvalue weighted by Gasteiger charge is -2.09. The molecule has 1 aliphatic rings. The van der Waals surface area contributed by atoms with E-state index in [0.29, 0.717) is 16.3 Å². The third kappa shape index (κ3) is 3.51. The number of rotatable bonds is 4. The van der Waals surface area contributed by atoms with E-state index in [1.165, 1.54) is 34.4 Å². The van der Waals surface area contributed by atoms with Gasteiger partial charge in [-0.2, -0.15) is 5.26 Å². The van der Waals surface area contributed by atoms with Crippen LogP contribution in [0.4, 0.5) is 9.39 Å². The van der Waals surface area contributed by atoms with E-state index >= 15 is 0 Å². The Morgan fingerprint density at radius 3 is 3.00 bits per heavy atom. The molecule has 0 saturated heterocycles. The van der Waals surface area contributed by atoms with E-state index in [-0.39, 0.29) is 12.5 Å². The summed E-state index contributed by atoms with van der Waals surface area (Å²) >= 11 is 1.47. The van der Waals surface area contributed by atoms with Gasteiger partial charge >= 0.3 is 0 Å². The number of carbonyl (C=O) groups is 1. The van der Waals surface area contributed by atoms with Gasteiger partial charge in [0.1, 0.15) is 22.6 Å². The molecular formula is C17H15FN2O2S. The van der Waals surface area contributed by atoms with Crippen LogP contribution in [0, 0.1) is 17.1 Å². The van der Waals surface area contributed by atoms with Gasteiger partial charge in [-0.25, -0.2) is 4.39 Å².